The van der Waals surface area contributed by atoms with Gasteiger partial charge in [-0.3, -0.25) is 0 Å². The molecule has 0 amide bonds. The zero-order valence-electron chi connectivity index (χ0n) is 15.6. The van der Waals surface area contributed by atoms with Gasteiger partial charge in [0, 0.05) is 12.6 Å². The van der Waals surface area contributed by atoms with E-state index < -0.39 is 12.8 Å². The van der Waals surface area contributed by atoms with E-state index in [0.29, 0.717) is 18.1 Å². The number of benzene rings is 1. The summed E-state index contributed by atoms with van der Waals surface area (Å²) in [5.74, 6) is 0.706. The molecule has 0 atom stereocenters. The molecule has 5 nitrogen and oxygen atoms in total. The number of aliphatic hydroxyl groups is 1. The first-order valence-electron chi connectivity index (χ1n) is 9.31. The Hall–Kier alpha value is -1.80. The summed E-state index contributed by atoms with van der Waals surface area (Å²) in [4.78, 5) is 4.57. The third-order valence-corrected chi connectivity index (χ3v) is 4.33. The van der Waals surface area contributed by atoms with Crippen LogP contribution in [0.25, 0.3) is 0 Å². The van der Waals surface area contributed by atoms with Gasteiger partial charge in [0.25, 0.3) is 0 Å². The molecule has 3 N–H and O–H groups in total. The minimum atomic E-state index is -4.32. The molecule has 0 heterocycles. The molecule has 0 unspecified atom stereocenters. The Labute approximate surface area is 158 Å². The van der Waals surface area contributed by atoms with Crippen LogP contribution in [-0.2, 0) is 17.9 Å². The fraction of sp³-hybridized carbons (Fsp3) is 0.632. The third kappa shape index (κ3) is 8.62. The second kappa shape index (κ2) is 10.5. The smallest absolute Gasteiger partial charge is 0.393 e. The maximum absolute atomic E-state index is 12.2. The number of hydrogen-bond donors (Lipinski definition) is 3. The molecule has 27 heavy (non-hydrogen) atoms. The number of aliphatic hydroxyl groups excluding tert-OH is 1. The Morgan fingerprint density at radius 3 is 2.59 bits per heavy atom. The van der Waals surface area contributed by atoms with Crippen molar-refractivity contribution in [2.24, 2.45) is 4.99 Å². The number of nitrogens with one attached hydrogen (secondary N) is 2. The molecule has 0 bridgehead atoms. The molecule has 0 aliphatic heterocycles. The second-order valence-electron chi connectivity index (χ2n) is 6.77. The van der Waals surface area contributed by atoms with E-state index >= 15 is 0 Å². The number of rotatable bonds is 7. The maximum atomic E-state index is 12.2. The van der Waals surface area contributed by atoms with E-state index in [1.807, 2.05) is 13.0 Å². The number of halogens is 3. The number of nitrogens with zero attached hydrogens (tertiary/aromatic N) is 1. The van der Waals surface area contributed by atoms with E-state index in [9.17, 15) is 18.3 Å². The zero-order valence-corrected chi connectivity index (χ0v) is 15.6. The van der Waals surface area contributed by atoms with Crippen molar-refractivity contribution in [3.63, 3.8) is 0 Å². The Morgan fingerprint density at radius 1 is 1.22 bits per heavy atom. The quantitative estimate of drug-likeness (QED) is 0.497. The van der Waals surface area contributed by atoms with Crippen LogP contribution in [0.1, 0.15) is 43.7 Å². The molecule has 8 heteroatoms. The van der Waals surface area contributed by atoms with Gasteiger partial charge in [0.15, 0.2) is 5.96 Å². The summed E-state index contributed by atoms with van der Waals surface area (Å²) in [6, 6.07) is 7.51. The lowest BCUT2D eigenvalue weighted by atomic mass is 9.93. The lowest BCUT2D eigenvalue weighted by Crippen LogP contribution is -2.45. The maximum Gasteiger partial charge on any atom is 0.411 e. The first kappa shape index (κ1) is 21.5. The van der Waals surface area contributed by atoms with Gasteiger partial charge in [-0.15, -0.1) is 0 Å². The molecular formula is C19H28F3N3O2. The van der Waals surface area contributed by atoms with Crippen LogP contribution in [0.5, 0.6) is 0 Å². The molecule has 0 radical (unpaired) electrons. The summed E-state index contributed by atoms with van der Waals surface area (Å²) in [5.41, 5.74) is 1.59. The third-order valence-electron chi connectivity index (χ3n) is 4.33. The van der Waals surface area contributed by atoms with Gasteiger partial charge in [-0.05, 0) is 43.7 Å². The molecule has 1 aliphatic rings. The highest BCUT2D eigenvalue weighted by atomic mass is 19.4. The van der Waals surface area contributed by atoms with E-state index in [1.165, 1.54) is 0 Å². The minimum Gasteiger partial charge on any atom is -0.393 e. The number of ether oxygens (including phenoxy) is 1. The van der Waals surface area contributed by atoms with Crippen LogP contribution in [-0.4, -0.2) is 42.5 Å². The van der Waals surface area contributed by atoms with Gasteiger partial charge in [0.1, 0.15) is 6.61 Å². The van der Waals surface area contributed by atoms with Crippen LogP contribution in [0.3, 0.4) is 0 Å². The molecule has 1 aliphatic carbocycles. The SMILES string of the molecule is CCNC(=NCc1cccc(COCC(F)(F)F)c1)NC1CCC(O)CC1. The normalized spacial score (nSPS) is 21.1. The molecule has 1 aromatic carbocycles. The molecule has 1 aromatic rings. The van der Waals surface area contributed by atoms with Crippen molar-refractivity contribution in [1.82, 2.24) is 10.6 Å². The summed E-state index contributed by atoms with van der Waals surface area (Å²) < 4.78 is 41.2. The van der Waals surface area contributed by atoms with Crippen molar-refractivity contribution in [3.8, 4) is 0 Å². The van der Waals surface area contributed by atoms with Crippen molar-refractivity contribution in [2.45, 2.75) is 64.1 Å². The first-order chi connectivity index (χ1) is 12.9. The van der Waals surface area contributed by atoms with Gasteiger partial charge >= 0.3 is 6.18 Å². The van der Waals surface area contributed by atoms with Gasteiger partial charge in [-0.2, -0.15) is 13.2 Å². The van der Waals surface area contributed by atoms with Gasteiger partial charge in [0.05, 0.1) is 19.3 Å². The highest BCUT2D eigenvalue weighted by Gasteiger charge is 2.27. The van der Waals surface area contributed by atoms with Crippen LogP contribution in [0.15, 0.2) is 29.3 Å². The van der Waals surface area contributed by atoms with Crippen LogP contribution >= 0.6 is 0 Å². The average Bonchev–Trinajstić information content (AvgIpc) is 2.61. The molecule has 0 saturated heterocycles. The van der Waals surface area contributed by atoms with Gasteiger partial charge < -0.3 is 20.5 Å². The Morgan fingerprint density at radius 2 is 1.93 bits per heavy atom. The number of alkyl halides is 3. The molecule has 2 rings (SSSR count). The molecule has 152 valence electrons. The summed E-state index contributed by atoms with van der Waals surface area (Å²) in [5, 5.41) is 16.2. The van der Waals surface area contributed by atoms with E-state index in [4.69, 9.17) is 4.74 Å². The minimum absolute atomic E-state index is 0.0835. The zero-order chi connectivity index (χ0) is 19.7. The molecule has 0 aromatic heterocycles. The Bertz CT molecular complexity index is 600. The van der Waals surface area contributed by atoms with E-state index in [0.717, 1.165) is 37.8 Å². The van der Waals surface area contributed by atoms with Crippen LogP contribution in [0.4, 0.5) is 13.2 Å². The lowest BCUT2D eigenvalue weighted by Gasteiger charge is -2.27. The highest BCUT2D eigenvalue weighted by Crippen LogP contribution is 2.18. The van der Waals surface area contributed by atoms with Crippen molar-refractivity contribution < 1.29 is 23.0 Å². The van der Waals surface area contributed by atoms with Gasteiger partial charge in [-0.1, -0.05) is 24.3 Å². The fourth-order valence-electron chi connectivity index (χ4n) is 3.01. The topological polar surface area (TPSA) is 65.9 Å². The standard InChI is InChI=1S/C19H28F3N3O2/c1-2-23-18(25-16-6-8-17(26)9-7-16)24-11-14-4-3-5-15(10-14)12-27-13-19(20,21)22/h3-5,10,16-17,26H,2,6-9,11-13H2,1H3,(H2,23,24,25). The second-order valence-corrected chi connectivity index (χ2v) is 6.77. The summed E-state index contributed by atoms with van der Waals surface area (Å²) >= 11 is 0. The van der Waals surface area contributed by atoms with Crippen molar-refractivity contribution in [1.29, 1.82) is 0 Å². The monoisotopic (exact) mass is 387 g/mol. The van der Waals surface area contributed by atoms with Crippen LogP contribution < -0.4 is 10.6 Å². The Kier molecular flexibility index (Phi) is 8.37. The fourth-order valence-corrected chi connectivity index (χ4v) is 3.01. The summed E-state index contributed by atoms with van der Waals surface area (Å²) in [6.07, 6.45) is -1.14. The number of guanidine groups is 1. The number of hydrogen-bond acceptors (Lipinski definition) is 3. The van der Waals surface area contributed by atoms with E-state index in [-0.39, 0.29) is 18.8 Å². The number of aliphatic imine (C=N–C) groups is 1. The van der Waals surface area contributed by atoms with Crippen LogP contribution in [0, 0.1) is 0 Å². The highest BCUT2D eigenvalue weighted by molar-refractivity contribution is 5.80. The summed E-state index contributed by atoms with van der Waals surface area (Å²) in [7, 11) is 0. The van der Waals surface area contributed by atoms with E-state index in [2.05, 4.69) is 15.6 Å². The predicted octanol–water partition coefficient (Wildman–Crippen LogP) is 3.12. The lowest BCUT2D eigenvalue weighted by molar-refractivity contribution is -0.176. The van der Waals surface area contributed by atoms with Gasteiger partial charge in [0.2, 0.25) is 0 Å². The average molecular weight is 387 g/mol. The van der Waals surface area contributed by atoms with Gasteiger partial charge in [-0.25, -0.2) is 4.99 Å². The largest absolute Gasteiger partial charge is 0.411 e. The molecular weight excluding hydrogens is 359 g/mol. The van der Waals surface area contributed by atoms with Crippen LogP contribution in [0.2, 0.25) is 0 Å². The van der Waals surface area contributed by atoms with Crippen molar-refractivity contribution in [3.05, 3.63) is 35.4 Å². The predicted molar refractivity (Wildman–Crippen MR) is 98.4 cm³/mol. The molecule has 1 fully saturated rings. The molecule has 0 spiro atoms. The first-order valence-corrected chi connectivity index (χ1v) is 9.31. The van der Waals surface area contributed by atoms with Crippen molar-refractivity contribution in [2.75, 3.05) is 13.2 Å². The van der Waals surface area contributed by atoms with E-state index in [1.54, 1.807) is 18.2 Å². The Balaban J connectivity index is 1.89. The summed E-state index contributed by atoms with van der Waals surface area (Å²) in [6.45, 7) is 1.80. The van der Waals surface area contributed by atoms with Crippen molar-refractivity contribution >= 4 is 5.96 Å². The molecule has 1 saturated carbocycles.